The van der Waals surface area contributed by atoms with Crippen molar-refractivity contribution < 1.29 is 9.72 Å². The van der Waals surface area contributed by atoms with Gasteiger partial charge in [0, 0.05) is 38.1 Å². The molecule has 0 fully saturated rings. The summed E-state index contributed by atoms with van der Waals surface area (Å²) >= 11 is 0. The summed E-state index contributed by atoms with van der Waals surface area (Å²) < 4.78 is 0. The molecule has 0 aliphatic heterocycles. The fourth-order valence-electron chi connectivity index (χ4n) is 1.69. The third-order valence-corrected chi connectivity index (χ3v) is 2.78. The number of anilines is 2. The predicted molar refractivity (Wildman–Crippen MR) is 79.6 cm³/mol. The van der Waals surface area contributed by atoms with Crippen LogP contribution in [0.1, 0.15) is 10.4 Å². The van der Waals surface area contributed by atoms with Gasteiger partial charge in [0.2, 0.25) is 0 Å². The molecule has 0 spiro atoms. The predicted octanol–water partition coefficient (Wildman–Crippen LogP) is 2.31. The third kappa shape index (κ3) is 3.53. The van der Waals surface area contributed by atoms with E-state index in [0.717, 1.165) is 5.82 Å². The van der Waals surface area contributed by atoms with Gasteiger partial charge >= 0.3 is 0 Å². The summed E-state index contributed by atoms with van der Waals surface area (Å²) in [7, 11) is 3.70. The highest BCUT2D eigenvalue weighted by molar-refractivity contribution is 6.04. The summed E-state index contributed by atoms with van der Waals surface area (Å²) in [4.78, 5) is 28.2. The maximum atomic E-state index is 12.0. The van der Waals surface area contributed by atoms with E-state index in [1.807, 2.05) is 19.0 Å². The number of non-ortho nitro benzene ring substituents is 1. The Labute approximate surface area is 121 Å². The Morgan fingerprint density at radius 1 is 1.29 bits per heavy atom. The van der Waals surface area contributed by atoms with Crippen molar-refractivity contribution in [1.29, 1.82) is 0 Å². The Morgan fingerprint density at radius 3 is 2.62 bits per heavy atom. The van der Waals surface area contributed by atoms with E-state index in [1.165, 1.54) is 24.4 Å². The summed E-state index contributed by atoms with van der Waals surface area (Å²) in [5, 5.41) is 13.3. The van der Waals surface area contributed by atoms with Crippen LogP contribution in [0.25, 0.3) is 0 Å². The summed E-state index contributed by atoms with van der Waals surface area (Å²) in [6.07, 6.45) is 1.46. The molecule has 1 amide bonds. The number of nitro groups is 1. The lowest BCUT2D eigenvalue weighted by atomic mass is 10.2. The Hall–Kier alpha value is -2.96. The zero-order chi connectivity index (χ0) is 15.4. The maximum Gasteiger partial charge on any atom is 0.271 e. The lowest BCUT2D eigenvalue weighted by molar-refractivity contribution is -0.384. The van der Waals surface area contributed by atoms with E-state index in [-0.39, 0.29) is 11.6 Å². The van der Waals surface area contributed by atoms with Crippen LogP contribution in [0.3, 0.4) is 0 Å². The number of hydrogen-bond acceptors (Lipinski definition) is 5. The Morgan fingerprint density at radius 2 is 2.05 bits per heavy atom. The Kier molecular flexibility index (Phi) is 4.13. The van der Waals surface area contributed by atoms with Gasteiger partial charge in [-0.2, -0.15) is 0 Å². The summed E-state index contributed by atoms with van der Waals surface area (Å²) in [5.74, 6) is 0.371. The molecule has 2 aromatic rings. The van der Waals surface area contributed by atoms with E-state index in [4.69, 9.17) is 0 Å². The van der Waals surface area contributed by atoms with Crippen molar-refractivity contribution in [2.45, 2.75) is 0 Å². The van der Waals surface area contributed by atoms with Crippen molar-refractivity contribution in [1.82, 2.24) is 4.98 Å². The minimum Gasteiger partial charge on any atom is -0.363 e. The first kappa shape index (κ1) is 14.4. The molecule has 1 N–H and O–H groups in total. The standard InChI is InChI=1S/C14H14N4O3/c1-17(2)13-7-6-10(9-15-13)14(19)16-11-4-3-5-12(8-11)18(20)21/h3-9H,1-2H3,(H,16,19). The molecule has 0 unspecified atom stereocenters. The third-order valence-electron chi connectivity index (χ3n) is 2.78. The molecule has 1 aromatic carbocycles. The minimum absolute atomic E-state index is 0.0751. The molecule has 0 radical (unpaired) electrons. The first-order chi connectivity index (χ1) is 9.97. The summed E-state index contributed by atoms with van der Waals surface area (Å²) in [6, 6.07) is 9.15. The lowest BCUT2D eigenvalue weighted by Crippen LogP contribution is -2.14. The molecular weight excluding hydrogens is 272 g/mol. The molecular formula is C14H14N4O3. The van der Waals surface area contributed by atoms with Crippen LogP contribution in [0.4, 0.5) is 17.2 Å². The van der Waals surface area contributed by atoms with Crippen LogP contribution < -0.4 is 10.2 Å². The van der Waals surface area contributed by atoms with Crippen molar-refractivity contribution >= 4 is 23.1 Å². The second-order valence-electron chi connectivity index (χ2n) is 4.56. The number of pyridine rings is 1. The number of hydrogen-bond donors (Lipinski definition) is 1. The maximum absolute atomic E-state index is 12.0. The van der Waals surface area contributed by atoms with E-state index in [9.17, 15) is 14.9 Å². The molecule has 108 valence electrons. The highest BCUT2D eigenvalue weighted by Gasteiger charge is 2.10. The van der Waals surface area contributed by atoms with Gasteiger partial charge in [0.05, 0.1) is 10.5 Å². The highest BCUT2D eigenvalue weighted by atomic mass is 16.6. The van der Waals surface area contributed by atoms with Gasteiger partial charge in [-0.25, -0.2) is 4.98 Å². The van der Waals surface area contributed by atoms with Gasteiger partial charge in [-0.15, -0.1) is 0 Å². The second-order valence-corrected chi connectivity index (χ2v) is 4.56. The van der Waals surface area contributed by atoms with Gasteiger partial charge in [-0.1, -0.05) is 6.07 Å². The minimum atomic E-state index is -0.511. The molecule has 7 nitrogen and oxygen atoms in total. The van der Waals surface area contributed by atoms with E-state index < -0.39 is 4.92 Å². The van der Waals surface area contributed by atoms with Crippen molar-refractivity contribution in [2.24, 2.45) is 0 Å². The average Bonchev–Trinajstić information content (AvgIpc) is 2.47. The number of benzene rings is 1. The Bertz CT molecular complexity index is 668. The van der Waals surface area contributed by atoms with Crippen LogP contribution in [0.2, 0.25) is 0 Å². The van der Waals surface area contributed by atoms with Gasteiger partial charge in [0.1, 0.15) is 5.82 Å². The van der Waals surface area contributed by atoms with Crippen LogP contribution in [0.5, 0.6) is 0 Å². The first-order valence-electron chi connectivity index (χ1n) is 6.16. The van der Waals surface area contributed by atoms with Crippen molar-refractivity contribution in [3.63, 3.8) is 0 Å². The topological polar surface area (TPSA) is 88.4 Å². The Balaban J connectivity index is 2.14. The van der Waals surface area contributed by atoms with Gasteiger partial charge in [-0.3, -0.25) is 14.9 Å². The van der Waals surface area contributed by atoms with Crippen LogP contribution in [0, 0.1) is 10.1 Å². The number of rotatable bonds is 4. The molecule has 1 aromatic heterocycles. The number of aromatic nitrogens is 1. The normalized spacial score (nSPS) is 10.0. The van der Waals surface area contributed by atoms with Crippen LogP contribution in [-0.2, 0) is 0 Å². The van der Waals surface area contributed by atoms with E-state index in [1.54, 1.807) is 18.2 Å². The van der Waals surface area contributed by atoms with Crippen molar-refractivity contribution in [3.05, 3.63) is 58.3 Å². The number of carbonyl (C=O) groups excluding carboxylic acids is 1. The van der Waals surface area contributed by atoms with E-state index in [2.05, 4.69) is 10.3 Å². The molecule has 0 aliphatic rings. The van der Waals surface area contributed by atoms with Crippen molar-refractivity contribution in [2.75, 3.05) is 24.3 Å². The first-order valence-corrected chi connectivity index (χ1v) is 6.16. The second kappa shape index (κ2) is 6.00. The molecule has 2 rings (SSSR count). The smallest absolute Gasteiger partial charge is 0.271 e. The molecule has 0 bridgehead atoms. The van der Waals surface area contributed by atoms with Crippen LogP contribution >= 0.6 is 0 Å². The largest absolute Gasteiger partial charge is 0.363 e. The van der Waals surface area contributed by atoms with E-state index in [0.29, 0.717) is 11.3 Å². The SMILES string of the molecule is CN(C)c1ccc(C(=O)Nc2cccc([N+](=O)[O-])c2)cn1. The zero-order valence-corrected chi connectivity index (χ0v) is 11.6. The number of nitro benzene ring substituents is 1. The lowest BCUT2D eigenvalue weighted by Gasteiger charge is -2.11. The molecule has 0 saturated heterocycles. The molecule has 0 atom stereocenters. The number of carbonyl (C=O) groups is 1. The van der Waals surface area contributed by atoms with Gasteiger partial charge < -0.3 is 10.2 Å². The number of nitrogens with zero attached hydrogens (tertiary/aromatic N) is 3. The molecule has 1 heterocycles. The van der Waals surface area contributed by atoms with Gasteiger partial charge in [-0.05, 0) is 18.2 Å². The molecule has 0 saturated carbocycles. The zero-order valence-electron chi connectivity index (χ0n) is 11.6. The van der Waals surface area contributed by atoms with E-state index >= 15 is 0 Å². The summed E-state index contributed by atoms with van der Waals surface area (Å²) in [5.41, 5.74) is 0.673. The van der Waals surface area contributed by atoms with Gasteiger partial charge in [0.25, 0.3) is 11.6 Å². The molecule has 0 aliphatic carbocycles. The number of nitrogens with one attached hydrogen (secondary N) is 1. The highest BCUT2D eigenvalue weighted by Crippen LogP contribution is 2.18. The monoisotopic (exact) mass is 286 g/mol. The number of amides is 1. The molecule has 21 heavy (non-hydrogen) atoms. The fourth-order valence-corrected chi connectivity index (χ4v) is 1.69. The van der Waals surface area contributed by atoms with Crippen molar-refractivity contribution in [3.8, 4) is 0 Å². The van der Waals surface area contributed by atoms with Crippen LogP contribution in [0.15, 0.2) is 42.6 Å². The summed E-state index contributed by atoms with van der Waals surface area (Å²) in [6.45, 7) is 0. The molecule has 7 heteroatoms. The quantitative estimate of drug-likeness (QED) is 0.688. The average molecular weight is 286 g/mol. The van der Waals surface area contributed by atoms with Gasteiger partial charge in [0.15, 0.2) is 0 Å². The fraction of sp³-hybridized carbons (Fsp3) is 0.143. The van der Waals surface area contributed by atoms with Crippen LogP contribution in [-0.4, -0.2) is 29.9 Å².